The Bertz CT molecular complexity index is 6080. The number of nitrogens with zero attached hydrogens (tertiary/aromatic N) is 6. The second kappa shape index (κ2) is 18.7. The third-order valence-corrected chi connectivity index (χ3v) is 15.9. The van der Waals surface area contributed by atoms with Crippen molar-refractivity contribution in [3.63, 3.8) is 0 Å². The monoisotopic (exact) mass is 1080 g/mol. The molecule has 8 heteroatoms. The van der Waals surface area contributed by atoms with Gasteiger partial charge in [0.15, 0.2) is 17.5 Å². The lowest BCUT2D eigenvalue weighted by atomic mass is 9.94. The SMILES string of the molecule is [2H]c1c([2H])c([2H])c(-c2ccc3c(c2)c2c4oc5ccccc5c4ccc2n3-c2c([N+]#[C-])cc(-c3nc(-c4ccccc4)nc(-c4ccccc4)n3)c(-n3c4ccc(-c5c([2H])c([2H])c([2H])c([2H])c5[2H])cc4c4c5oc6ccccc6c5ccc43)c2-c2ccccc2)c([2H])c1[2H]. The highest BCUT2D eigenvalue weighted by Crippen LogP contribution is 2.52. The molecule has 0 N–H and O–H groups in total. The maximum atomic E-state index is 9.52. The maximum Gasteiger partial charge on any atom is 0.212 e. The van der Waals surface area contributed by atoms with E-state index in [0.717, 1.165) is 21.5 Å². The second-order valence-electron chi connectivity index (χ2n) is 20.5. The largest absolute Gasteiger partial charge is 0.455 e. The van der Waals surface area contributed by atoms with Gasteiger partial charge in [-0.2, -0.15) is 0 Å². The van der Waals surface area contributed by atoms with Gasteiger partial charge >= 0.3 is 0 Å². The van der Waals surface area contributed by atoms with Crippen molar-refractivity contribution in [2.75, 3.05) is 0 Å². The summed E-state index contributed by atoms with van der Waals surface area (Å²) in [7, 11) is 0. The molecule has 5 heterocycles. The molecule has 12 aromatic carbocycles. The highest BCUT2D eigenvalue weighted by atomic mass is 16.3. The molecule has 0 saturated carbocycles. The van der Waals surface area contributed by atoms with E-state index in [2.05, 4.69) is 9.41 Å². The standard InChI is InChI=1S/C76H44N6O2/c1-77-60-45-59(76-79-74(49-27-13-5-14-28-49)78-75(80-76)50-29-15-6-16-30-50)70(81-61-39-35-51(46-21-7-2-8-22-46)43-57(61)68-63(81)41-37-55-53-31-17-19-33-65(53)83-72(55)68)67(48-25-11-4-12-26-48)71(60)82-62-40-36-52(47-23-9-3-10-24-47)44-58(62)69-64(82)42-38-56-54-32-18-20-34-66(54)84-73(56)69/h2-45H/i2D,3D,7D,8D,9D,10D,21D,22D,23D,24D. The van der Waals surface area contributed by atoms with Crippen molar-refractivity contribution in [1.82, 2.24) is 24.1 Å². The molecular weight excluding hydrogens is 1030 g/mol. The van der Waals surface area contributed by atoms with Crippen LogP contribution in [0.5, 0.6) is 0 Å². The van der Waals surface area contributed by atoms with Gasteiger partial charge in [0.05, 0.1) is 64.5 Å². The fraction of sp³-hybridized carbons (Fsp3) is 0. The first kappa shape index (κ1) is 38.1. The van der Waals surface area contributed by atoms with Crippen LogP contribution in [0.25, 0.3) is 171 Å². The van der Waals surface area contributed by atoms with Crippen molar-refractivity contribution in [2.45, 2.75) is 0 Å². The van der Waals surface area contributed by atoms with Gasteiger partial charge in [-0.1, -0.05) is 200 Å². The molecule has 0 fully saturated rings. The summed E-state index contributed by atoms with van der Waals surface area (Å²) in [5, 5.41) is 5.85. The number of rotatable bonds is 8. The summed E-state index contributed by atoms with van der Waals surface area (Å²) in [5.41, 5.74) is 9.74. The van der Waals surface area contributed by atoms with Crippen LogP contribution in [0, 0.1) is 6.57 Å². The Balaban J connectivity index is 1.09. The van der Waals surface area contributed by atoms with E-state index in [9.17, 15) is 9.31 Å². The Morgan fingerprint density at radius 1 is 0.357 bits per heavy atom. The lowest BCUT2D eigenvalue weighted by Gasteiger charge is -2.24. The number of benzene rings is 12. The Morgan fingerprint density at radius 2 is 0.786 bits per heavy atom. The predicted octanol–water partition coefficient (Wildman–Crippen LogP) is 20.4. The lowest BCUT2D eigenvalue weighted by Crippen LogP contribution is -2.08. The predicted molar refractivity (Wildman–Crippen MR) is 342 cm³/mol. The van der Waals surface area contributed by atoms with E-state index < -0.39 is 36.3 Å². The molecule has 5 aromatic heterocycles. The first-order valence-corrected chi connectivity index (χ1v) is 27.2. The molecule has 0 radical (unpaired) electrons. The van der Waals surface area contributed by atoms with Crippen molar-refractivity contribution in [1.29, 1.82) is 0 Å². The zero-order valence-corrected chi connectivity index (χ0v) is 44.1. The van der Waals surface area contributed by atoms with Crippen LogP contribution < -0.4 is 0 Å². The van der Waals surface area contributed by atoms with Crippen LogP contribution in [0.15, 0.2) is 276 Å². The van der Waals surface area contributed by atoms with Crippen molar-refractivity contribution in [2.24, 2.45) is 0 Å². The van der Waals surface area contributed by atoms with Crippen molar-refractivity contribution >= 4 is 93.2 Å². The first-order chi connectivity index (χ1) is 45.8. The molecule has 0 unspecified atom stereocenters. The van der Waals surface area contributed by atoms with Crippen LogP contribution in [0.4, 0.5) is 5.69 Å². The third kappa shape index (κ3) is 7.23. The van der Waals surface area contributed by atoms with Crippen molar-refractivity contribution < 1.29 is 22.5 Å². The average Bonchev–Trinajstić information content (AvgIpc) is 1.52. The van der Waals surface area contributed by atoms with Crippen LogP contribution in [0.1, 0.15) is 13.7 Å². The van der Waals surface area contributed by atoms with E-state index >= 15 is 0 Å². The first-order valence-electron chi connectivity index (χ1n) is 32.2. The molecule has 0 bridgehead atoms. The van der Waals surface area contributed by atoms with E-state index in [1.54, 1.807) is 12.1 Å². The molecule has 0 spiro atoms. The summed E-state index contributed by atoms with van der Waals surface area (Å²) in [5.74, 6) is 0.958. The summed E-state index contributed by atoms with van der Waals surface area (Å²) in [6.45, 7) is 9.52. The Morgan fingerprint density at radius 3 is 1.27 bits per heavy atom. The van der Waals surface area contributed by atoms with E-state index in [1.165, 1.54) is 0 Å². The van der Waals surface area contributed by atoms with Gasteiger partial charge in [-0.25, -0.2) is 19.8 Å². The van der Waals surface area contributed by atoms with E-state index in [0.29, 0.717) is 128 Å². The molecule has 84 heavy (non-hydrogen) atoms. The number of furan rings is 2. The van der Waals surface area contributed by atoms with Crippen molar-refractivity contribution in [3.8, 4) is 78.9 Å². The zero-order chi connectivity index (χ0) is 64.1. The van der Waals surface area contributed by atoms with Crippen LogP contribution in [0.2, 0.25) is 0 Å². The van der Waals surface area contributed by atoms with Gasteiger partial charge < -0.3 is 18.0 Å². The van der Waals surface area contributed by atoms with Crippen LogP contribution in [0.3, 0.4) is 0 Å². The molecular formula is C76H44N6O2. The number of hydrogen-bond donors (Lipinski definition) is 0. The Labute approximate surface area is 494 Å². The van der Waals surface area contributed by atoms with Gasteiger partial charge in [-0.3, -0.25) is 0 Å². The number of aromatic nitrogens is 5. The summed E-state index contributed by atoms with van der Waals surface area (Å²) in [4.78, 5) is 20.4. The molecule has 17 aromatic rings. The highest BCUT2D eigenvalue weighted by Gasteiger charge is 2.31. The van der Waals surface area contributed by atoms with Gasteiger partial charge in [0, 0.05) is 54.6 Å². The Kier molecular flexibility index (Phi) is 8.48. The second-order valence-corrected chi connectivity index (χ2v) is 20.5. The summed E-state index contributed by atoms with van der Waals surface area (Å²) in [6.07, 6.45) is 0. The molecule has 0 aliphatic rings. The van der Waals surface area contributed by atoms with Crippen LogP contribution in [-0.4, -0.2) is 24.1 Å². The molecule has 17 rings (SSSR count). The summed E-state index contributed by atoms with van der Waals surface area (Å²) >= 11 is 0. The van der Waals surface area contributed by atoms with Crippen LogP contribution >= 0.6 is 0 Å². The zero-order valence-electron chi connectivity index (χ0n) is 54.1. The van der Waals surface area contributed by atoms with Crippen molar-refractivity contribution in [3.05, 3.63) is 278 Å². The minimum Gasteiger partial charge on any atom is -0.455 e. The Hall–Kier alpha value is -11.7. The van der Waals surface area contributed by atoms with E-state index in [1.807, 2.05) is 199 Å². The molecule has 8 nitrogen and oxygen atoms in total. The molecule has 0 atom stereocenters. The lowest BCUT2D eigenvalue weighted by molar-refractivity contribution is 0.672. The maximum absolute atomic E-state index is 9.52. The number of hydrogen-bond acceptors (Lipinski definition) is 5. The summed E-state index contributed by atoms with van der Waals surface area (Å²) < 4.78 is 107. The molecule has 0 aliphatic carbocycles. The minimum atomic E-state index is -0.510. The molecule has 0 saturated heterocycles. The smallest absolute Gasteiger partial charge is 0.212 e. The number of fused-ring (bicyclic) bond motifs is 14. The van der Waals surface area contributed by atoms with Gasteiger partial charge in [0.1, 0.15) is 22.3 Å². The van der Waals surface area contributed by atoms with E-state index in [4.69, 9.17) is 34.8 Å². The number of para-hydroxylation sites is 2. The van der Waals surface area contributed by atoms with Gasteiger partial charge in [-0.15, -0.1) is 0 Å². The fourth-order valence-corrected chi connectivity index (χ4v) is 12.3. The normalized spacial score (nSPS) is 13.5. The third-order valence-electron chi connectivity index (χ3n) is 15.9. The van der Waals surface area contributed by atoms with Crippen LogP contribution in [-0.2, 0) is 0 Å². The van der Waals surface area contributed by atoms with Gasteiger partial charge in [0.25, 0.3) is 0 Å². The fourth-order valence-electron chi connectivity index (χ4n) is 12.3. The van der Waals surface area contributed by atoms with Gasteiger partial charge in [-0.05, 0) is 94.5 Å². The summed E-state index contributed by atoms with van der Waals surface area (Å²) in [6, 6.07) is 61.0. The average molecular weight is 1080 g/mol. The quantitative estimate of drug-likeness (QED) is 0.142. The molecule has 0 aliphatic heterocycles. The van der Waals surface area contributed by atoms with Gasteiger partial charge in [0.2, 0.25) is 5.69 Å². The highest BCUT2D eigenvalue weighted by molar-refractivity contribution is 6.27. The van der Waals surface area contributed by atoms with E-state index in [-0.39, 0.29) is 46.8 Å². The molecule has 390 valence electrons. The topological polar surface area (TPSA) is 79.2 Å². The molecule has 0 amide bonds. The minimum absolute atomic E-state index is 0.0193.